The lowest BCUT2D eigenvalue weighted by atomic mass is 10.0. The van der Waals surface area contributed by atoms with E-state index < -0.39 is 5.43 Å². The molecule has 0 saturated carbocycles. The average Bonchev–Trinajstić information content (AvgIpc) is 2.63. The van der Waals surface area contributed by atoms with Gasteiger partial charge >= 0.3 is 0 Å². The number of aromatic hydroxyl groups is 2. The van der Waals surface area contributed by atoms with Crippen LogP contribution in [0.5, 0.6) is 17.2 Å². The molecule has 0 amide bonds. The maximum Gasteiger partial charge on any atom is 0.208 e. The van der Waals surface area contributed by atoms with E-state index in [-0.39, 0.29) is 40.2 Å². The molecule has 5 nitrogen and oxygen atoms in total. The van der Waals surface area contributed by atoms with Crippen molar-refractivity contribution in [2.75, 3.05) is 6.61 Å². The maximum atomic E-state index is 13.2. The highest BCUT2D eigenvalue weighted by molar-refractivity contribution is 5.98. The zero-order valence-electron chi connectivity index (χ0n) is 17.4. The summed E-state index contributed by atoms with van der Waals surface area (Å²) in [5, 5.41) is 21.2. The Morgan fingerprint density at radius 3 is 2.41 bits per heavy atom. The minimum atomic E-state index is -0.484. The fourth-order valence-electron chi connectivity index (χ4n) is 3.19. The lowest BCUT2D eigenvalue weighted by Gasteiger charge is -2.13. The van der Waals surface area contributed by atoms with Gasteiger partial charge in [0.15, 0.2) is 11.5 Å². The summed E-state index contributed by atoms with van der Waals surface area (Å²) in [6.45, 7) is 9.95. The van der Waals surface area contributed by atoms with Gasteiger partial charge in [-0.15, -0.1) is 0 Å². The Morgan fingerprint density at radius 1 is 1.07 bits per heavy atom. The number of benzene rings is 2. The highest BCUT2D eigenvalue weighted by atomic mass is 16.5. The summed E-state index contributed by atoms with van der Waals surface area (Å²) >= 11 is 0. The second-order valence-electron chi connectivity index (χ2n) is 7.70. The molecule has 29 heavy (non-hydrogen) atoms. The average molecular weight is 394 g/mol. The molecule has 3 rings (SSSR count). The van der Waals surface area contributed by atoms with E-state index in [1.807, 2.05) is 39.8 Å². The summed E-state index contributed by atoms with van der Waals surface area (Å²) in [6.07, 6.45) is 4.48. The largest absolute Gasteiger partial charge is 0.507 e. The van der Waals surface area contributed by atoms with Gasteiger partial charge in [0.1, 0.15) is 34.3 Å². The van der Waals surface area contributed by atoms with Crippen molar-refractivity contribution in [2.24, 2.45) is 0 Å². The zero-order chi connectivity index (χ0) is 21.3. The summed E-state index contributed by atoms with van der Waals surface area (Å²) in [5.74, 6) is -0.211. The maximum absolute atomic E-state index is 13.2. The number of phenols is 2. The lowest BCUT2D eigenvalue weighted by Crippen LogP contribution is -2.06. The number of allylic oxidation sites excluding steroid dienone is 3. The summed E-state index contributed by atoms with van der Waals surface area (Å²) < 4.78 is 11.7. The van der Waals surface area contributed by atoms with Crippen LogP contribution in [0.3, 0.4) is 0 Å². The Bertz CT molecular complexity index is 1200. The van der Waals surface area contributed by atoms with E-state index in [1.165, 1.54) is 6.07 Å². The van der Waals surface area contributed by atoms with Crippen molar-refractivity contribution in [1.29, 1.82) is 0 Å². The molecule has 152 valence electrons. The van der Waals surface area contributed by atoms with E-state index in [9.17, 15) is 15.0 Å². The van der Waals surface area contributed by atoms with E-state index in [0.29, 0.717) is 17.6 Å². The van der Waals surface area contributed by atoms with Gasteiger partial charge < -0.3 is 19.4 Å². The number of ether oxygens (including phenoxy) is 1. The van der Waals surface area contributed by atoms with E-state index in [1.54, 1.807) is 19.1 Å². The molecule has 0 unspecified atom stereocenters. The fraction of sp³-hybridized carbons (Fsp3) is 0.292. The van der Waals surface area contributed by atoms with Crippen molar-refractivity contribution in [3.8, 4) is 17.2 Å². The van der Waals surface area contributed by atoms with Gasteiger partial charge in [0.25, 0.3) is 0 Å². The van der Waals surface area contributed by atoms with Gasteiger partial charge in [-0.2, -0.15) is 0 Å². The third kappa shape index (κ3) is 3.99. The quantitative estimate of drug-likeness (QED) is 0.440. The molecule has 0 bridgehead atoms. The Labute approximate surface area is 169 Å². The second-order valence-corrected chi connectivity index (χ2v) is 7.70. The van der Waals surface area contributed by atoms with Crippen LogP contribution in [0.2, 0.25) is 0 Å². The van der Waals surface area contributed by atoms with Gasteiger partial charge in [-0.3, -0.25) is 4.79 Å². The Morgan fingerprint density at radius 2 is 1.76 bits per heavy atom. The number of hydrogen-bond donors (Lipinski definition) is 2. The molecule has 0 atom stereocenters. The first-order chi connectivity index (χ1) is 13.7. The Kier molecular flexibility index (Phi) is 5.69. The van der Waals surface area contributed by atoms with E-state index in [2.05, 4.69) is 0 Å². The van der Waals surface area contributed by atoms with Gasteiger partial charge in [0.2, 0.25) is 5.43 Å². The number of hydrogen-bond acceptors (Lipinski definition) is 5. The number of rotatable bonds is 5. The van der Waals surface area contributed by atoms with Crippen LogP contribution in [0.4, 0.5) is 0 Å². The second kappa shape index (κ2) is 8.03. The highest BCUT2D eigenvalue weighted by Crippen LogP contribution is 2.39. The zero-order valence-corrected chi connectivity index (χ0v) is 17.4. The van der Waals surface area contributed by atoms with Gasteiger partial charge in [0, 0.05) is 0 Å². The number of aryl methyl sites for hydroxylation is 1. The predicted octanol–water partition coefficient (Wildman–Crippen LogP) is 5.52. The molecule has 0 aliphatic rings. The summed E-state index contributed by atoms with van der Waals surface area (Å²) in [4.78, 5) is 13.2. The molecule has 0 spiro atoms. The standard InChI is InChI=1S/C24H26O5/c1-13(2)6-7-16-8-9-17(25)19-21(26)20-18(29-24(16)19)12-15(5)23(22(20)27)28-11-10-14(3)4/h6,8-10,12,25,27H,7,11H2,1-5H3. The fourth-order valence-corrected chi connectivity index (χ4v) is 3.19. The number of fused-ring (bicyclic) bond motifs is 2. The molecule has 0 fully saturated rings. The molecule has 0 saturated heterocycles. The van der Waals surface area contributed by atoms with Crippen molar-refractivity contribution in [2.45, 2.75) is 41.0 Å². The first-order valence-electron chi connectivity index (χ1n) is 9.54. The van der Waals surface area contributed by atoms with E-state index >= 15 is 0 Å². The lowest BCUT2D eigenvalue weighted by molar-refractivity contribution is 0.334. The van der Waals surface area contributed by atoms with E-state index in [4.69, 9.17) is 9.15 Å². The van der Waals surface area contributed by atoms with Gasteiger partial charge in [-0.1, -0.05) is 23.3 Å². The van der Waals surface area contributed by atoms with Crippen molar-refractivity contribution < 1.29 is 19.4 Å². The molecule has 0 radical (unpaired) electrons. The Balaban J connectivity index is 2.28. The topological polar surface area (TPSA) is 79.9 Å². The van der Waals surface area contributed by atoms with Crippen molar-refractivity contribution in [3.63, 3.8) is 0 Å². The molecule has 1 heterocycles. The van der Waals surface area contributed by atoms with Crippen molar-refractivity contribution in [1.82, 2.24) is 0 Å². The molecular weight excluding hydrogens is 368 g/mol. The van der Waals surface area contributed by atoms with Crippen LogP contribution < -0.4 is 10.2 Å². The number of phenolic OH excluding ortho intramolecular Hbond substituents is 2. The third-order valence-corrected chi connectivity index (χ3v) is 4.74. The van der Waals surface area contributed by atoms with E-state index in [0.717, 1.165) is 16.7 Å². The van der Waals surface area contributed by atoms with Gasteiger partial charge in [-0.25, -0.2) is 0 Å². The van der Waals surface area contributed by atoms with Crippen molar-refractivity contribution >= 4 is 21.9 Å². The first kappa shape index (κ1) is 20.5. The normalized spacial score (nSPS) is 10.9. The molecule has 1 aromatic heterocycles. The summed E-state index contributed by atoms with van der Waals surface area (Å²) in [5.41, 5.74) is 3.78. The molecule has 2 N–H and O–H groups in total. The smallest absolute Gasteiger partial charge is 0.208 e. The third-order valence-electron chi connectivity index (χ3n) is 4.74. The van der Waals surface area contributed by atoms with Gasteiger partial charge in [0.05, 0.1) is 0 Å². The molecule has 5 heteroatoms. The molecule has 2 aromatic carbocycles. The molecule has 0 aliphatic carbocycles. The van der Waals surface area contributed by atoms with Crippen LogP contribution in [0.1, 0.15) is 38.8 Å². The van der Waals surface area contributed by atoms with Crippen LogP contribution in [-0.2, 0) is 6.42 Å². The van der Waals surface area contributed by atoms with Crippen LogP contribution in [0.15, 0.2) is 50.7 Å². The molecule has 3 aromatic rings. The monoisotopic (exact) mass is 394 g/mol. The molecule has 0 aliphatic heterocycles. The van der Waals surface area contributed by atoms with Gasteiger partial charge in [-0.05, 0) is 70.4 Å². The Hall–Kier alpha value is -3.21. The summed E-state index contributed by atoms with van der Waals surface area (Å²) in [7, 11) is 0. The van der Waals surface area contributed by atoms with Crippen LogP contribution in [0.25, 0.3) is 21.9 Å². The summed E-state index contributed by atoms with van der Waals surface area (Å²) in [6, 6.07) is 4.91. The SMILES string of the molecule is CC(C)=CCOc1c(C)cc2oc3c(CC=C(C)C)ccc(O)c3c(=O)c2c1O. The van der Waals surface area contributed by atoms with Crippen LogP contribution >= 0.6 is 0 Å². The first-order valence-corrected chi connectivity index (χ1v) is 9.54. The minimum absolute atomic E-state index is 0.00460. The predicted molar refractivity (Wildman–Crippen MR) is 116 cm³/mol. The van der Waals surface area contributed by atoms with Crippen molar-refractivity contribution in [3.05, 3.63) is 62.8 Å². The van der Waals surface area contributed by atoms with Crippen LogP contribution in [-0.4, -0.2) is 16.8 Å². The minimum Gasteiger partial charge on any atom is -0.507 e. The molecular formula is C24H26O5. The van der Waals surface area contributed by atoms with Crippen LogP contribution in [0, 0.1) is 6.92 Å². The highest BCUT2D eigenvalue weighted by Gasteiger charge is 2.21.